The Morgan fingerprint density at radius 2 is 1.67 bits per heavy atom. The average Bonchev–Trinajstić information content (AvgIpc) is 2.10. The van der Waals surface area contributed by atoms with Crippen LogP contribution in [-0.2, 0) is 0 Å². The summed E-state index contributed by atoms with van der Waals surface area (Å²) in [5.74, 6) is -1.56. The first-order chi connectivity index (χ1) is 6.86. The molecule has 2 N–H and O–H groups in total. The zero-order valence-corrected chi connectivity index (χ0v) is 8.79. The summed E-state index contributed by atoms with van der Waals surface area (Å²) in [7, 11) is 0. The van der Waals surface area contributed by atoms with E-state index in [0.717, 1.165) is 0 Å². The van der Waals surface area contributed by atoms with E-state index in [9.17, 15) is 19.8 Å². The number of carbonyl (C=O) groups excluding carboxylic acids is 2. The molecular formula is C11H12O4. The zero-order chi connectivity index (χ0) is 11.7. The molecule has 1 aromatic carbocycles. The number of hydrogen-bond donors (Lipinski definition) is 2. The van der Waals surface area contributed by atoms with Crippen LogP contribution >= 0.6 is 0 Å². The quantitative estimate of drug-likeness (QED) is 0.574. The Hall–Kier alpha value is -1.84. The Morgan fingerprint density at radius 3 is 2.07 bits per heavy atom. The van der Waals surface area contributed by atoms with E-state index < -0.39 is 11.5 Å². The summed E-state index contributed by atoms with van der Waals surface area (Å²) < 4.78 is 0. The lowest BCUT2D eigenvalue weighted by Gasteiger charge is -2.10. The molecule has 0 saturated carbocycles. The highest BCUT2D eigenvalue weighted by Gasteiger charge is 2.19. The Labute approximate surface area is 87.2 Å². The first-order valence-corrected chi connectivity index (χ1v) is 4.43. The maximum absolute atomic E-state index is 11.2. The number of phenolic OH excluding ortho intramolecular Hbond substituents is 2. The lowest BCUT2D eigenvalue weighted by molar-refractivity contribution is 0.101. The van der Waals surface area contributed by atoms with Crippen LogP contribution in [0.2, 0.25) is 0 Å². The van der Waals surface area contributed by atoms with Crippen molar-refractivity contribution >= 4 is 11.6 Å². The van der Waals surface area contributed by atoms with Crippen LogP contribution in [0.5, 0.6) is 11.5 Å². The molecule has 15 heavy (non-hydrogen) atoms. The summed E-state index contributed by atoms with van der Waals surface area (Å²) in [6, 6.07) is 1.17. The molecule has 80 valence electrons. The van der Waals surface area contributed by atoms with E-state index in [2.05, 4.69) is 0 Å². The third-order valence-corrected chi connectivity index (χ3v) is 2.27. The molecule has 0 aliphatic rings. The molecule has 0 saturated heterocycles. The van der Waals surface area contributed by atoms with Crippen molar-refractivity contribution in [2.24, 2.45) is 0 Å². The van der Waals surface area contributed by atoms with Gasteiger partial charge in [0, 0.05) is 5.56 Å². The lowest BCUT2D eigenvalue weighted by Crippen LogP contribution is -2.04. The van der Waals surface area contributed by atoms with E-state index in [1.807, 2.05) is 0 Å². The molecule has 0 aromatic heterocycles. The molecule has 4 nitrogen and oxygen atoms in total. The highest BCUT2D eigenvalue weighted by atomic mass is 16.3. The van der Waals surface area contributed by atoms with Gasteiger partial charge in [-0.05, 0) is 32.4 Å². The van der Waals surface area contributed by atoms with Crippen molar-refractivity contribution in [2.75, 3.05) is 0 Å². The van der Waals surface area contributed by atoms with Gasteiger partial charge in [0.2, 0.25) is 0 Å². The first kappa shape index (κ1) is 11.2. The highest BCUT2D eigenvalue weighted by Crippen LogP contribution is 2.34. The molecule has 0 aliphatic carbocycles. The average molecular weight is 208 g/mol. The standard InChI is InChI=1S/C11H12O4/c1-5-8(6(2)12)4-9(14)11(15)10(5)7(3)13/h4,14-15H,1-3H3. The number of Topliss-reactive ketones (excluding diaryl/α,β-unsaturated/α-hetero) is 2. The largest absolute Gasteiger partial charge is 0.504 e. The van der Waals surface area contributed by atoms with Crippen LogP contribution in [0, 0.1) is 6.92 Å². The third-order valence-electron chi connectivity index (χ3n) is 2.27. The maximum Gasteiger partial charge on any atom is 0.168 e. The molecule has 0 amide bonds. The van der Waals surface area contributed by atoms with Crippen molar-refractivity contribution in [1.29, 1.82) is 0 Å². The van der Waals surface area contributed by atoms with Gasteiger partial charge in [-0.1, -0.05) is 0 Å². The fourth-order valence-corrected chi connectivity index (χ4v) is 1.55. The van der Waals surface area contributed by atoms with E-state index in [-0.39, 0.29) is 22.7 Å². The van der Waals surface area contributed by atoms with Gasteiger partial charge in [-0.25, -0.2) is 0 Å². The van der Waals surface area contributed by atoms with Gasteiger partial charge in [0.25, 0.3) is 0 Å². The van der Waals surface area contributed by atoms with E-state index in [1.54, 1.807) is 6.92 Å². The number of phenols is 2. The summed E-state index contributed by atoms with van der Waals surface area (Å²) in [6.07, 6.45) is 0. The van der Waals surface area contributed by atoms with Gasteiger partial charge in [0.1, 0.15) is 0 Å². The molecular weight excluding hydrogens is 196 g/mol. The van der Waals surface area contributed by atoms with Gasteiger partial charge in [0.15, 0.2) is 23.1 Å². The molecule has 1 rings (SSSR count). The molecule has 0 radical (unpaired) electrons. The predicted octanol–water partition coefficient (Wildman–Crippen LogP) is 1.81. The Bertz CT molecular complexity index is 446. The molecule has 1 aromatic rings. The number of ketones is 2. The zero-order valence-electron chi connectivity index (χ0n) is 8.79. The monoisotopic (exact) mass is 208 g/mol. The molecule has 0 spiro atoms. The second-order valence-electron chi connectivity index (χ2n) is 3.40. The first-order valence-electron chi connectivity index (χ1n) is 4.43. The predicted molar refractivity (Wildman–Crippen MR) is 54.5 cm³/mol. The fraction of sp³-hybridized carbons (Fsp3) is 0.273. The Balaban J connectivity index is 3.63. The van der Waals surface area contributed by atoms with Crippen molar-refractivity contribution in [3.05, 3.63) is 22.8 Å². The third kappa shape index (κ3) is 1.83. The van der Waals surface area contributed by atoms with E-state index >= 15 is 0 Å². The maximum atomic E-state index is 11.2. The van der Waals surface area contributed by atoms with E-state index in [1.165, 1.54) is 19.9 Å². The summed E-state index contributed by atoms with van der Waals surface area (Å²) in [6.45, 7) is 4.17. The van der Waals surface area contributed by atoms with E-state index in [0.29, 0.717) is 5.56 Å². The molecule has 0 heterocycles. The van der Waals surface area contributed by atoms with Crippen molar-refractivity contribution in [3.8, 4) is 11.5 Å². The second kappa shape index (κ2) is 3.73. The van der Waals surface area contributed by atoms with Crippen molar-refractivity contribution in [2.45, 2.75) is 20.8 Å². The van der Waals surface area contributed by atoms with E-state index in [4.69, 9.17) is 0 Å². The van der Waals surface area contributed by atoms with Crippen molar-refractivity contribution in [1.82, 2.24) is 0 Å². The number of hydrogen-bond acceptors (Lipinski definition) is 4. The second-order valence-corrected chi connectivity index (χ2v) is 3.40. The molecule has 0 aliphatic heterocycles. The fourth-order valence-electron chi connectivity index (χ4n) is 1.55. The van der Waals surface area contributed by atoms with Gasteiger partial charge < -0.3 is 10.2 Å². The summed E-state index contributed by atoms with van der Waals surface area (Å²) in [5.41, 5.74) is 0.640. The van der Waals surface area contributed by atoms with Gasteiger partial charge in [-0.15, -0.1) is 0 Å². The summed E-state index contributed by atoms with van der Waals surface area (Å²) in [5, 5.41) is 18.8. The number of aromatic hydroxyl groups is 2. The van der Waals surface area contributed by atoms with Crippen LogP contribution < -0.4 is 0 Å². The normalized spacial score (nSPS) is 10.1. The molecule has 0 atom stereocenters. The van der Waals surface area contributed by atoms with Gasteiger partial charge in [0.05, 0.1) is 5.56 Å². The number of carbonyl (C=O) groups is 2. The van der Waals surface area contributed by atoms with Crippen LogP contribution in [0.3, 0.4) is 0 Å². The topological polar surface area (TPSA) is 74.6 Å². The summed E-state index contributed by atoms with van der Waals surface area (Å²) >= 11 is 0. The lowest BCUT2D eigenvalue weighted by atomic mass is 9.96. The smallest absolute Gasteiger partial charge is 0.168 e. The Kier molecular flexibility index (Phi) is 2.79. The SMILES string of the molecule is CC(=O)c1cc(O)c(O)c(C(C)=O)c1C. The van der Waals surface area contributed by atoms with Crippen LogP contribution in [-0.4, -0.2) is 21.8 Å². The van der Waals surface area contributed by atoms with Crippen LogP contribution in [0.4, 0.5) is 0 Å². The van der Waals surface area contributed by atoms with Crippen LogP contribution in [0.1, 0.15) is 40.1 Å². The molecule has 0 bridgehead atoms. The molecule has 4 heteroatoms. The molecule has 0 unspecified atom stereocenters. The van der Waals surface area contributed by atoms with Gasteiger partial charge in [-0.2, -0.15) is 0 Å². The van der Waals surface area contributed by atoms with Crippen LogP contribution in [0.15, 0.2) is 6.07 Å². The van der Waals surface area contributed by atoms with Crippen molar-refractivity contribution in [3.63, 3.8) is 0 Å². The van der Waals surface area contributed by atoms with Crippen LogP contribution in [0.25, 0.3) is 0 Å². The van der Waals surface area contributed by atoms with Crippen molar-refractivity contribution < 1.29 is 19.8 Å². The molecule has 0 fully saturated rings. The highest BCUT2D eigenvalue weighted by molar-refractivity contribution is 6.04. The minimum atomic E-state index is -0.468. The van der Waals surface area contributed by atoms with Gasteiger partial charge in [-0.3, -0.25) is 9.59 Å². The van der Waals surface area contributed by atoms with Gasteiger partial charge >= 0.3 is 0 Å². The number of benzene rings is 1. The Morgan fingerprint density at radius 1 is 1.13 bits per heavy atom. The summed E-state index contributed by atoms with van der Waals surface area (Å²) in [4.78, 5) is 22.4. The minimum Gasteiger partial charge on any atom is -0.504 e. The minimum absolute atomic E-state index is 0.000185. The number of rotatable bonds is 2.